The lowest BCUT2D eigenvalue weighted by molar-refractivity contribution is 1.01. The average Bonchev–Trinajstić information content (AvgIpc) is 2.96. The molecular weight excluding hydrogens is 284 g/mol. The van der Waals surface area contributed by atoms with Crippen LogP contribution in [0.3, 0.4) is 0 Å². The third-order valence-corrected chi connectivity index (χ3v) is 3.82. The number of para-hydroxylation sites is 1. The molecule has 0 amide bonds. The summed E-state index contributed by atoms with van der Waals surface area (Å²) in [6.45, 7) is 4.04. The summed E-state index contributed by atoms with van der Waals surface area (Å²) in [6, 6.07) is 14.3. The van der Waals surface area contributed by atoms with Gasteiger partial charge in [-0.05, 0) is 44.2 Å². The van der Waals surface area contributed by atoms with Crippen molar-refractivity contribution in [3.05, 3.63) is 71.4 Å². The number of rotatable bonds is 2. The first-order valence-corrected chi connectivity index (χ1v) is 7.56. The van der Waals surface area contributed by atoms with Crippen molar-refractivity contribution in [1.82, 2.24) is 19.4 Å². The second-order valence-corrected chi connectivity index (χ2v) is 5.64. The fourth-order valence-corrected chi connectivity index (χ4v) is 2.71. The van der Waals surface area contributed by atoms with Crippen LogP contribution in [0.25, 0.3) is 28.8 Å². The highest BCUT2D eigenvalue weighted by Gasteiger charge is 2.03. The molecule has 0 saturated heterocycles. The third-order valence-electron chi connectivity index (χ3n) is 3.82. The molecule has 0 aliphatic heterocycles. The van der Waals surface area contributed by atoms with Crippen LogP contribution in [0.5, 0.6) is 0 Å². The van der Waals surface area contributed by atoms with E-state index >= 15 is 0 Å². The molecule has 1 aromatic carbocycles. The first kappa shape index (κ1) is 13.6. The van der Waals surface area contributed by atoms with Gasteiger partial charge in [0.15, 0.2) is 0 Å². The van der Waals surface area contributed by atoms with Crippen LogP contribution in [-0.4, -0.2) is 19.4 Å². The maximum atomic E-state index is 4.64. The number of benzene rings is 1. The summed E-state index contributed by atoms with van der Waals surface area (Å²) in [4.78, 5) is 13.6. The fourth-order valence-electron chi connectivity index (χ4n) is 2.71. The van der Waals surface area contributed by atoms with Crippen LogP contribution >= 0.6 is 0 Å². The standard InChI is InChI=1S/C19H16N4/c1-13-11-14(2)23-12-17(22-19(23)20-13)10-9-16-8-7-15-5-3-4-6-18(15)21-16/h3-12H,1-2H3. The first-order valence-electron chi connectivity index (χ1n) is 7.56. The van der Waals surface area contributed by atoms with E-state index in [1.165, 1.54) is 0 Å². The lowest BCUT2D eigenvalue weighted by Gasteiger charge is -1.98. The Labute approximate surface area is 134 Å². The molecule has 0 spiro atoms. The average molecular weight is 300 g/mol. The molecule has 4 nitrogen and oxygen atoms in total. The summed E-state index contributed by atoms with van der Waals surface area (Å²) >= 11 is 0. The molecule has 4 aromatic rings. The Hall–Kier alpha value is -3.01. The number of fused-ring (bicyclic) bond motifs is 2. The van der Waals surface area contributed by atoms with Gasteiger partial charge in [0.05, 0.1) is 16.9 Å². The van der Waals surface area contributed by atoms with Crippen LogP contribution < -0.4 is 0 Å². The van der Waals surface area contributed by atoms with E-state index in [2.05, 4.69) is 34.0 Å². The predicted molar refractivity (Wildman–Crippen MR) is 93.1 cm³/mol. The largest absolute Gasteiger partial charge is 0.288 e. The summed E-state index contributed by atoms with van der Waals surface area (Å²) in [5, 5.41) is 1.15. The monoisotopic (exact) mass is 300 g/mol. The summed E-state index contributed by atoms with van der Waals surface area (Å²) in [5.41, 5.74) is 4.90. The van der Waals surface area contributed by atoms with Crippen molar-refractivity contribution in [1.29, 1.82) is 0 Å². The zero-order valence-electron chi connectivity index (χ0n) is 13.1. The van der Waals surface area contributed by atoms with Crippen molar-refractivity contribution in [3.8, 4) is 0 Å². The van der Waals surface area contributed by atoms with Crippen LogP contribution in [0.15, 0.2) is 48.7 Å². The van der Waals surface area contributed by atoms with Gasteiger partial charge in [-0.2, -0.15) is 0 Å². The minimum Gasteiger partial charge on any atom is -0.288 e. The molecular formula is C19H16N4. The Morgan fingerprint density at radius 3 is 2.61 bits per heavy atom. The lowest BCUT2D eigenvalue weighted by atomic mass is 10.2. The number of aromatic nitrogens is 4. The number of hydrogen-bond donors (Lipinski definition) is 0. The van der Waals surface area contributed by atoms with Crippen LogP contribution in [0.1, 0.15) is 22.8 Å². The molecule has 112 valence electrons. The van der Waals surface area contributed by atoms with E-state index in [9.17, 15) is 0 Å². The van der Waals surface area contributed by atoms with Gasteiger partial charge >= 0.3 is 0 Å². The molecule has 0 aliphatic rings. The van der Waals surface area contributed by atoms with Crippen LogP contribution in [0.4, 0.5) is 0 Å². The molecule has 3 heterocycles. The molecule has 3 aromatic heterocycles. The summed E-state index contributed by atoms with van der Waals surface area (Å²) in [7, 11) is 0. The van der Waals surface area contributed by atoms with E-state index in [1.54, 1.807) is 0 Å². The number of aryl methyl sites for hydroxylation is 2. The van der Waals surface area contributed by atoms with E-state index in [4.69, 9.17) is 0 Å². The number of nitrogens with zero attached hydrogens (tertiary/aromatic N) is 4. The van der Waals surface area contributed by atoms with Gasteiger partial charge in [-0.3, -0.25) is 4.40 Å². The van der Waals surface area contributed by atoms with E-state index in [-0.39, 0.29) is 0 Å². The van der Waals surface area contributed by atoms with Crippen molar-refractivity contribution in [3.63, 3.8) is 0 Å². The lowest BCUT2D eigenvalue weighted by Crippen LogP contribution is -1.94. The van der Waals surface area contributed by atoms with Crippen molar-refractivity contribution in [2.45, 2.75) is 13.8 Å². The molecule has 4 rings (SSSR count). The summed E-state index contributed by atoms with van der Waals surface area (Å²) in [6.07, 6.45) is 5.95. The Kier molecular flexibility index (Phi) is 3.15. The Morgan fingerprint density at radius 1 is 0.870 bits per heavy atom. The minimum atomic E-state index is 0.730. The second-order valence-electron chi connectivity index (χ2n) is 5.64. The molecule has 0 atom stereocenters. The van der Waals surface area contributed by atoms with Gasteiger partial charge in [0.2, 0.25) is 5.78 Å². The van der Waals surface area contributed by atoms with E-state index in [1.807, 2.05) is 60.0 Å². The Bertz CT molecular complexity index is 1040. The zero-order chi connectivity index (χ0) is 15.8. The van der Waals surface area contributed by atoms with Gasteiger partial charge in [-0.25, -0.2) is 15.0 Å². The van der Waals surface area contributed by atoms with Gasteiger partial charge in [0.1, 0.15) is 0 Å². The van der Waals surface area contributed by atoms with E-state index in [0.717, 1.165) is 39.5 Å². The smallest absolute Gasteiger partial charge is 0.234 e. The number of hydrogen-bond acceptors (Lipinski definition) is 3. The number of pyridine rings is 1. The Balaban J connectivity index is 1.70. The minimum absolute atomic E-state index is 0.730. The fraction of sp³-hybridized carbons (Fsp3) is 0.105. The van der Waals surface area contributed by atoms with Crippen molar-refractivity contribution in [2.24, 2.45) is 0 Å². The van der Waals surface area contributed by atoms with Gasteiger partial charge in [-0.1, -0.05) is 24.3 Å². The quantitative estimate of drug-likeness (QED) is 0.560. The molecule has 23 heavy (non-hydrogen) atoms. The van der Waals surface area contributed by atoms with Gasteiger partial charge in [-0.15, -0.1) is 0 Å². The van der Waals surface area contributed by atoms with E-state index in [0.29, 0.717) is 0 Å². The molecule has 0 bridgehead atoms. The maximum absolute atomic E-state index is 4.64. The van der Waals surface area contributed by atoms with Crippen molar-refractivity contribution in [2.75, 3.05) is 0 Å². The molecule has 0 aliphatic carbocycles. The predicted octanol–water partition coefficient (Wildman–Crippen LogP) is 4.06. The molecule has 0 N–H and O–H groups in total. The van der Waals surface area contributed by atoms with E-state index < -0.39 is 0 Å². The molecule has 0 fully saturated rings. The van der Waals surface area contributed by atoms with Gasteiger partial charge < -0.3 is 0 Å². The van der Waals surface area contributed by atoms with Gasteiger partial charge in [0, 0.05) is 23.0 Å². The van der Waals surface area contributed by atoms with Crippen LogP contribution in [-0.2, 0) is 0 Å². The highest BCUT2D eigenvalue weighted by atomic mass is 15.1. The molecule has 0 radical (unpaired) electrons. The van der Waals surface area contributed by atoms with Crippen molar-refractivity contribution < 1.29 is 0 Å². The summed E-state index contributed by atoms with van der Waals surface area (Å²) in [5.74, 6) is 0.730. The normalized spacial score (nSPS) is 11.7. The topological polar surface area (TPSA) is 43.1 Å². The van der Waals surface area contributed by atoms with Gasteiger partial charge in [0.25, 0.3) is 0 Å². The Morgan fingerprint density at radius 2 is 1.70 bits per heavy atom. The second kappa shape index (κ2) is 5.32. The van der Waals surface area contributed by atoms with Crippen LogP contribution in [0, 0.1) is 13.8 Å². The maximum Gasteiger partial charge on any atom is 0.234 e. The third kappa shape index (κ3) is 2.59. The highest BCUT2D eigenvalue weighted by molar-refractivity contribution is 5.80. The molecule has 0 saturated carbocycles. The zero-order valence-corrected chi connectivity index (χ0v) is 13.1. The SMILES string of the molecule is Cc1cc(C)n2cc(C=Cc3ccc4ccccc4n3)nc2n1. The number of imidazole rings is 1. The molecule has 0 unspecified atom stereocenters. The molecule has 4 heteroatoms. The van der Waals surface area contributed by atoms with Crippen LogP contribution in [0.2, 0.25) is 0 Å². The first-order chi connectivity index (χ1) is 11.2. The summed E-state index contributed by atoms with van der Waals surface area (Å²) < 4.78 is 2.00. The highest BCUT2D eigenvalue weighted by Crippen LogP contribution is 2.14. The van der Waals surface area contributed by atoms with Crippen molar-refractivity contribution >= 4 is 28.8 Å².